The van der Waals surface area contributed by atoms with Crippen LogP contribution in [0.5, 0.6) is 0 Å². The summed E-state index contributed by atoms with van der Waals surface area (Å²) in [5.74, 6) is -2.87. The Kier molecular flexibility index (Phi) is 8.94. The molecule has 1 saturated heterocycles. The Morgan fingerprint density at radius 1 is 1.17 bits per heavy atom. The molecule has 2 amide bonds. The fourth-order valence-corrected chi connectivity index (χ4v) is 5.05. The van der Waals surface area contributed by atoms with Crippen molar-refractivity contribution in [3.63, 3.8) is 0 Å². The lowest BCUT2D eigenvalue weighted by molar-refractivity contribution is -0.153. The minimum Gasteiger partial charge on any atom is -0.480 e. The number of rotatable bonds is 8. The monoisotopic (exact) mass is 512 g/mol. The zero-order valence-electron chi connectivity index (χ0n) is 21.3. The van der Waals surface area contributed by atoms with E-state index in [4.69, 9.17) is 8.92 Å². The van der Waals surface area contributed by atoms with Gasteiger partial charge in [-0.1, -0.05) is 31.5 Å². The predicted octanol–water partition coefficient (Wildman–Crippen LogP) is 2.89. The molecule has 1 aliphatic rings. The molecule has 0 aliphatic carbocycles. The summed E-state index contributed by atoms with van der Waals surface area (Å²) < 4.78 is 36.3. The van der Waals surface area contributed by atoms with Crippen LogP contribution < -0.4 is 0 Å². The number of benzene rings is 1. The molecule has 35 heavy (non-hydrogen) atoms. The van der Waals surface area contributed by atoms with Gasteiger partial charge in [0.25, 0.3) is 10.1 Å². The van der Waals surface area contributed by atoms with Crippen LogP contribution in [0.4, 0.5) is 4.79 Å². The molecular weight excluding hydrogens is 476 g/mol. The second kappa shape index (κ2) is 10.9. The van der Waals surface area contributed by atoms with E-state index in [1.807, 2.05) is 6.92 Å². The molecule has 1 N–H and O–H groups in total. The highest BCUT2D eigenvalue weighted by Gasteiger charge is 2.46. The van der Waals surface area contributed by atoms with Crippen LogP contribution in [0.2, 0.25) is 0 Å². The Morgan fingerprint density at radius 3 is 2.23 bits per heavy atom. The van der Waals surface area contributed by atoms with Crippen LogP contribution in [0.3, 0.4) is 0 Å². The molecule has 0 unspecified atom stereocenters. The van der Waals surface area contributed by atoms with Crippen LogP contribution >= 0.6 is 0 Å². The summed E-state index contributed by atoms with van der Waals surface area (Å²) in [6, 6.07) is 4.08. The number of carbonyl (C=O) groups excluding carboxylic acids is 2. The Hall–Kier alpha value is -2.66. The molecule has 10 nitrogen and oxygen atoms in total. The van der Waals surface area contributed by atoms with E-state index in [0.29, 0.717) is 0 Å². The molecule has 1 aliphatic heterocycles. The highest BCUT2D eigenvalue weighted by molar-refractivity contribution is 7.86. The number of hydrogen-bond donors (Lipinski definition) is 1. The number of likely N-dealkylation sites (N-methyl/N-ethyl adjacent to an activating group) is 1. The van der Waals surface area contributed by atoms with Gasteiger partial charge < -0.3 is 19.6 Å². The van der Waals surface area contributed by atoms with E-state index < -0.39 is 58.3 Å². The topological polar surface area (TPSA) is 131 Å². The predicted molar refractivity (Wildman–Crippen MR) is 128 cm³/mol. The average molecular weight is 513 g/mol. The third-order valence-electron chi connectivity index (χ3n) is 5.84. The van der Waals surface area contributed by atoms with Gasteiger partial charge in [0.05, 0.1) is 23.5 Å². The van der Waals surface area contributed by atoms with Gasteiger partial charge in [-0.25, -0.2) is 9.59 Å². The van der Waals surface area contributed by atoms with Crippen molar-refractivity contribution in [3.8, 4) is 0 Å². The summed E-state index contributed by atoms with van der Waals surface area (Å²) in [6.45, 7) is 9.97. The molecule has 0 saturated carbocycles. The van der Waals surface area contributed by atoms with Gasteiger partial charge >= 0.3 is 12.1 Å². The van der Waals surface area contributed by atoms with Crippen molar-refractivity contribution in [2.75, 3.05) is 20.2 Å². The van der Waals surface area contributed by atoms with E-state index in [1.165, 1.54) is 24.1 Å². The van der Waals surface area contributed by atoms with Crippen molar-refractivity contribution in [3.05, 3.63) is 29.8 Å². The second-order valence-electron chi connectivity index (χ2n) is 10.2. The molecule has 0 spiro atoms. The molecule has 1 aromatic carbocycles. The first-order chi connectivity index (χ1) is 16.0. The van der Waals surface area contributed by atoms with E-state index in [1.54, 1.807) is 46.8 Å². The Labute approximate surface area is 207 Å². The molecule has 3 atom stereocenters. The number of carboxylic acids is 1. The lowest BCUT2D eigenvalue weighted by Crippen LogP contribution is -2.51. The summed E-state index contributed by atoms with van der Waals surface area (Å²) in [5, 5.41) is 9.61. The molecule has 1 aromatic rings. The largest absolute Gasteiger partial charge is 0.480 e. The van der Waals surface area contributed by atoms with Gasteiger partial charge in [-0.05, 0) is 52.2 Å². The van der Waals surface area contributed by atoms with Crippen molar-refractivity contribution < 1.29 is 36.8 Å². The maximum atomic E-state index is 13.4. The molecule has 0 aromatic heterocycles. The summed E-state index contributed by atoms with van der Waals surface area (Å²) in [7, 11) is -2.76. The van der Waals surface area contributed by atoms with Gasteiger partial charge in [0.2, 0.25) is 5.91 Å². The van der Waals surface area contributed by atoms with E-state index in [-0.39, 0.29) is 23.8 Å². The van der Waals surface area contributed by atoms with E-state index >= 15 is 0 Å². The van der Waals surface area contributed by atoms with Gasteiger partial charge in [-0.3, -0.25) is 8.98 Å². The number of likely N-dealkylation sites (tertiary alicyclic amines) is 1. The number of amides is 2. The first kappa shape index (κ1) is 28.6. The molecule has 2 rings (SSSR count). The highest BCUT2D eigenvalue weighted by atomic mass is 32.2. The maximum Gasteiger partial charge on any atom is 0.410 e. The molecule has 0 radical (unpaired) electrons. The number of carbonyl (C=O) groups is 3. The summed E-state index contributed by atoms with van der Waals surface area (Å²) in [5.41, 5.74) is 0.0733. The first-order valence-electron chi connectivity index (χ1n) is 11.5. The normalized spacial score (nSPS) is 19.5. The molecule has 196 valence electrons. The van der Waals surface area contributed by atoms with Crippen LogP contribution in [0.15, 0.2) is 29.2 Å². The fraction of sp³-hybridized carbons (Fsp3) is 0.625. The average Bonchev–Trinajstić information content (AvgIpc) is 3.14. The maximum absolute atomic E-state index is 13.4. The van der Waals surface area contributed by atoms with Crippen molar-refractivity contribution >= 4 is 28.1 Å². The molecule has 0 bridgehead atoms. The highest BCUT2D eigenvalue weighted by Crippen LogP contribution is 2.30. The van der Waals surface area contributed by atoms with Crippen LogP contribution in [0, 0.1) is 18.8 Å². The lowest BCUT2D eigenvalue weighted by Gasteiger charge is -2.33. The molecule has 1 fully saturated rings. The smallest absolute Gasteiger partial charge is 0.410 e. The van der Waals surface area contributed by atoms with Crippen LogP contribution in [-0.2, 0) is 28.6 Å². The zero-order valence-corrected chi connectivity index (χ0v) is 22.2. The number of aliphatic carboxylic acids is 1. The Bertz CT molecular complexity index is 1030. The van der Waals surface area contributed by atoms with Gasteiger partial charge in [-0.15, -0.1) is 0 Å². The van der Waals surface area contributed by atoms with Crippen LogP contribution in [0.1, 0.15) is 46.6 Å². The first-order valence-corrected chi connectivity index (χ1v) is 12.9. The zero-order chi connectivity index (χ0) is 26.7. The van der Waals surface area contributed by atoms with Gasteiger partial charge in [-0.2, -0.15) is 8.42 Å². The Morgan fingerprint density at radius 2 is 1.74 bits per heavy atom. The van der Waals surface area contributed by atoms with E-state index in [9.17, 15) is 27.9 Å². The number of ether oxygens (including phenoxy) is 1. The van der Waals surface area contributed by atoms with Crippen molar-refractivity contribution in [1.29, 1.82) is 0 Å². The van der Waals surface area contributed by atoms with E-state index in [0.717, 1.165) is 10.5 Å². The SMILES string of the molecule is Cc1ccc(S(=O)(=O)OC[C@@H]2[C@@H](C(=O)N(C)[C@H](C(=O)O)C(C)C)CCN2C(=O)OC(C)(C)C)cc1. The second-order valence-corrected chi connectivity index (χ2v) is 11.8. The van der Waals surface area contributed by atoms with Crippen molar-refractivity contribution in [2.24, 2.45) is 11.8 Å². The van der Waals surface area contributed by atoms with Crippen molar-refractivity contribution in [2.45, 2.75) is 70.5 Å². The van der Waals surface area contributed by atoms with Gasteiger partial charge in [0, 0.05) is 13.6 Å². The molecule has 1 heterocycles. The van der Waals surface area contributed by atoms with Gasteiger partial charge in [0.1, 0.15) is 11.6 Å². The quantitative estimate of drug-likeness (QED) is 0.526. The standard InChI is InChI=1S/C24H36N2O8S/c1-15(2)20(22(28)29)25(7)21(27)18-12-13-26(23(30)34-24(4,5)6)19(18)14-33-35(31,32)17-10-8-16(3)9-11-17/h8-11,15,18-20H,12-14H2,1-7H3,(H,28,29)/t18-,19+,20-/m0/s1. The minimum atomic E-state index is -4.16. The van der Waals surface area contributed by atoms with Crippen molar-refractivity contribution in [1.82, 2.24) is 9.80 Å². The number of nitrogens with zero attached hydrogens (tertiary/aromatic N) is 2. The minimum absolute atomic E-state index is 0.0457. The third-order valence-corrected chi connectivity index (χ3v) is 7.14. The summed E-state index contributed by atoms with van der Waals surface area (Å²) >= 11 is 0. The van der Waals surface area contributed by atoms with Crippen LogP contribution in [0.25, 0.3) is 0 Å². The third kappa shape index (κ3) is 7.17. The van der Waals surface area contributed by atoms with Crippen LogP contribution in [-0.4, -0.2) is 79.2 Å². The number of hydrogen-bond acceptors (Lipinski definition) is 7. The molecular formula is C24H36N2O8S. The summed E-state index contributed by atoms with van der Waals surface area (Å²) in [6.07, 6.45) is -0.485. The number of aryl methyl sites for hydroxylation is 1. The number of carboxylic acid groups (broad SMARTS) is 1. The van der Waals surface area contributed by atoms with E-state index in [2.05, 4.69) is 0 Å². The summed E-state index contributed by atoms with van der Waals surface area (Å²) in [4.78, 5) is 40.4. The molecule has 11 heteroatoms. The lowest BCUT2D eigenvalue weighted by atomic mass is 9.96. The van der Waals surface area contributed by atoms with Gasteiger partial charge in [0.15, 0.2) is 0 Å². The fourth-order valence-electron chi connectivity index (χ4n) is 4.12. The Balaban J connectivity index is 2.33.